The zero-order valence-electron chi connectivity index (χ0n) is 14.7. The smallest absolute Gasteiger partial charge is 0.326 e. The second-order valence-corrected chi connectivity index (χ2v) is 6.97. The average molecular weight is 298 g/mol. The van der Waals surface area contributed by atoms with Crippen LogP contribution in [0.1, 0.15) is 67.2 Å². The highest BCUT2D eigenvalue weighted by atomic mass is 16.5. The molecule has 0 aromatic rings. The van der Waals surface area contributed by atoms with Crippen molar-refractivity contribution in [1.29, 1.82) is 0 Å². The summed E-state index contributed by atoms with van der Waals surface area (Å²) in [7, 11) is 0. The van der Waals surface area contributed by atoms with E-state index in [4.69, 9.17) is 4.74 Å². The summed E-state index contributed by atoms with van der Waals surface area (Å²) in [4.78, 5) is 14.9. The van der Waals surface area contributed by atoms with Gasteiger partial charge in [0.2, 0.25) is 0 Å². The second kappa shape index (κ2) is 8.14. The van der Waals surface area contributed by atoms with E-state index in [0.29, 0.717) is 18.7 Å². The molecule has 0 aliphatic carbocycles. The first-order chi connectivity index (χ1) is 9.80. The van der Waals surface area contributed by atoms with Gasteiger partial charge in [0.25, 0.3) is 0 Å². The highest BCUT2D eigenvalue weighted by Crippen LogP contribution is 2.24. The van der Waals surface area contributed by atoms with Gasteiger partial charge in [-0.25, -0.2) is 0 Å². The maximum absolute atomic E-state index is 12.3. The molecule has 0 amide bonds. The van der Waals surface area contributed by atoms with Crippen molar-refractivity contribution in [2.45, 2.75) is 90.9 Å². The van der Waals surface area contributed by atoms with Crippen molar-refractivity contribution in [2.75, 3.05) is 13.2 Å². The Morgan fingerprint density at radius 3 is 2.38 bits per heavy atom. The SMILES string of the molecule is CCOC(=O)C(C)(CCN1[C@H](C)CCC[C@@H]1C)NC(C)C. The fourth-order valence-corrected chi connectivity index (χ4v) is 3.43. The monoisotopic (exact) mass is 298 g/mol. The van der Waals surface area contributed by atoms with Crippen molar-refractivity contribution in [1.82, 2.24) is 10.2 Å². The van der Waals surface area contributed by atoms with E-state index in [2.05, 4.69) is 37.9 Å². The molecule has 0 aromatic carbocycles. The minimum atomic E-state index is -0.596. The summed E-state index contributed by atoms with van der Waals surface area (Å²) >= 11 is 0. The Morgan fingerprint density at radius 1 is 1.33 bits per heavy atom. The van der Waals surface area contributed by atoms with E-state index in [1.54, 1.807) is 0 Å². The van der Waals surface area contributed by atoms with Crippen LogP contribution in [-0.2, 0) is 9.53 Å². The number of likely N-dealkylation sites (tertiary alicyclic amines) is 1. The van der Waals surface area contributed by atoms with Crippen molar-refractivity contribution < 1.29 is 9.53 Å². The van der Waals surface area contributed by atoms with Gasteiger partial charge in [-0.2, -0.15) is 0 Å². The van der Waals surface area contributed by atoms with Crippen LogP contribution in [0.5, 0.6) is 0 Å². The molecule has 124 valence electrons. The first-order valence-electron chi connectivity index (χ1n) is 8.50. The summed E-state index contributed by atoms with van der Waals surface area (Å²) in [6.45, 7) is 14.0. The van der Waals surface area contributed by atoms with E-state index in [9.17, 15) is 4.79 Å². The van der Waals surface area contributed by atoms with Gasteiger partial charge in [0.1, 0.15) is 5.54 Å². The summed E-state index contributed by atoms with van der Waals surface area (Å²) in [5.41, 5.74) is -0.596. The van der Waals surface area contributed by atoms with Crippen LogP contribution in [0.3, 0.4) is 0 Å². The fraction of sp³-hybridized carbons (Fsp3) is 0.941. The third-order valence-electron chi connectivity index (χ3n) is 4.58. The number of nitrogens with one attached hydrogen (secondary N) is 1. The lowest BCUT2D eigenvalue weighted by Crippen LogP contribution is -2.56. The minimum absolute atomic E-state index is 0.129. The largest absolute Gasteiger partial charge is 0.465 e. The van der Waals surface area contributed by atoms with Crippen LogP contribution in [0.25, 0.3) is 0 Å². The number of piperidine rings is 1. The molecule has 4 nitrogen and oxygen atoms in total. The van der Waals surface area contributed by atoms with Crippen LogP contribution in [0.4, 0.5) is 0 Å². The highest BCUT2D eigenvalue weighted by molar-refractivity contribution is 5.80. The van der Waals surface area contributed by atoms with Gasteiger partial charge in [-0.3, -0.25) is 15.0 Å². The summed E-state index contributed by atoms with van der Waals surface area (Å²) in [5, 5.41) is 3.41. The fourth-order valence-electron chi connectivity index (χ4n) is 3.43. The van der Waals surface area contributed by atoms with Crippen LogP contribution in [0.2, 0.25) is 0 Å². The number of carbonyl (C=O) groups is 1. The molecule has 0 bridgehead atoms. The maximum Gasteiger partial charge on any atom is 0.326 e. The van der Waals surface area contributed by atoms with E-state index in [0.717, 1.165) is 13.0 Å². The highest BCUT2D eigenvalue weighted by Gasteiger charge is 2.36. The molecule has 21 heavy (non-hydrogen) atoms. The lowest BCUT2D eigenvalue weighted by Gasteiger charge is -2.41. The Kier molecular flexibility index (Phi) is 7.14. The summed E-state index contributed by atoms with van der Waals surface area (Å²) in [6.07, 6.45) is 4.63. The van der Waals surface area contributed by atoms with Crippen LogP contribution in [-0.4, -0.2) is 47.7 Å². The number of hydrogen-bond acceptors (Lipinski definition) is 4. The average Bonchev–Trinajstić information content (AvgIpc) is 2.37. The van der Waals surface area contributed by atoms with Gasteiger partial charge in [0.15, 0.2) is 0 Å². The zero-order chi connectivity index (χ0) is 16.0. The van der Waals surface area contributed by atoms with E-state index in [1.165, 1.54) is 19.3 Å². The van der Waals surface area contributed by atoms with Gasteiger partial charge in [0.05, 0.1) is 6.61 Å². The van der Waals surface area contributed by atoms with E-state index >= 15 is 0 Å². The lowest BCUT2D eigenvalue weighted by molar-refractivity contribution is -0.151. The molecule has 1 rings (SSSR count). The predicted molar refractivity (Wildman–Crippen MR) is 87.4 cm³/mol. The normalized spacial score (nSPS) is 26.6. The Morgan fingerprint density at radius 2 is 1.90 bits per heavy atom. The molecular weight excluding hydrogens is 264 g/mol. The van der Waals surface area contributed by atoms with E-state index in [-0.39, 0.29) is 12.0 Å². The van der Waals surface area contributed by atoms with Crippen LogP contribution in [0.15, 0.2) is 0 Å². The van der Waals surface area contributed by atoms with Crippen molar-refractivity contribution in [2.24, 2.45) is 0 Å². The molecule has 3 atom stereocenters. The van der Waals surface area contributed by atoms with Crippen molar-refractivity contribution in [3.05, 3.63) is 0 Å². The number of ether oxygens (including phenoxy) is 1. The van der Waals surface area contributed by atoms with Gasteiger partial charge < -0.3 is 4.74 Å². The number of hydrogen-bond donors (Lipinski definition) is 1. The van der Waals surface area contributed by atoms with Gasteiger partial charge in [0, 0.05) is 24.7 Å². The van der Waals surface area contributed by atoms with E-state index < -0.39 is 5.54 Å². The van der Waals surface area contributed by atoms with Gasteiger partial charge in [-0.15, -0.1) is 0 Å². The third-order valence-corrected chi connectivity index (χ3v) is 4.58. The maximum atomic E-state index is 12.3. The predicted octanol–water partition coefficient (Wildman–Crippen LogP) is 2.96. The molecule has 0 aromatic heterocycles. The Labute approximate surface area is 130 Å². The van der Waals surface area contributed by atoms with Gasteiger partial charge in [-0.1, -0.05) is 6.42 Å². The quantitative estimate of drug-likeness (QED) is 0.734. The molecule has 0 spiro atoms. The number of esters is 1. The van der Waals surface area contributed by atoms with Crippen LogP contribution in [0, 0.1) is 0 Å². The molecule has 1 aliphatic heterocycles. The molecular formula is C17H34N2O2. The topological polar surface area (TPSA) is 41.6 Å². The summed E-state index contributed by atoms with van der Waals surface area (Å²) in [6, 6.07) is 1.48. The number of rotatable bonds is 7. The van der Waals surface area contributed by atoms with E-state index in [1.807, 2.05) is 13.8 Å². The Balaban J connectivity index is 2.69. The second-order valence-electron chi connectivity index (χ2n) is 6.97. The molecule has 1 heterocycles. The Bertz CT molecular complexity index is 323. The number of carbonyl (C=O) groups excluding carboxylic acids is 1. The van der Waals surface area contributed by atoms with Crippen molar-refractivity contribution >= 4 is 5.97 Å². The molecule has 1 unspecified atom stereocenters. The zero-order valence-corrected chi connectivity index (χ0v) is 14.7. The number of nitrogens with zero attached hydrogens (tertiary/aromatic N) is 1. The third kappa shape index (κ3) is 5.26. The van der Waals surface area contributed by atoms with Crippen molar-refractivity contribution in [3.8, 4) is 0 Å². The first-order valence-corrected chi connectivity index (χ1v) is 8.50. The lowest BCUT2D eigenvalue weighted by atomic mass is 9.92. The molecule has 0 radical (unpaired) electrons. The molecule has 1 N–H and O–H groups in total. The minimum Gasteiger partial charge on any atom is -0.465 e. The molecule has 1 aliphatic rings. The summed E-state index contributed by atoms with van der Waals surface area (Å²) in [5.74, 6) is -0.129. The molecule has 0 saturated carbocycles. The summed E-state index contributed by atoms with van der Waals surface area (Å²) < 4.78 is 5.28. The molecule has 4 heteroatoms. The van der Waals surface area contributed by atoms with Gasteiger partial charge >= 0.3 is 5.97 Å². The van der Waals surface area contributed by atoms with Gasteiger partial charge in [-0.05, 0) is 60.8 Å². The van der Waals surface area contributed by atoms with Crippen LogP contribution >= 0.6 is 0 Å². The molecule has 1 saturated heterocycles. The van der Waals surface area contributed by atoms with Crippen molar-refractivity contribution in [3.63, 3.8) is 0 Å². The first kappa shape index (κ1) is 18.4. The molecule has 1 fully saturated rings. The Hall–Kier alpha value is -0.610. The van der Waals surface area contributed by atoms with Crippen LogP contribution < -0.4 is 5.32 Å². The standard InChI is InChI=1S/C17H34N2O2/c1-7-21-16(20)17(6,18-13(2)3)11-12-19-14(4)9-8-10-15(19)5/h13-15,18H,7-12H2,1-6H3/t14-,15+,17?.